The van der Waals surface area contributed by atoms with Crippen LogP contribution in [0.4, 0.5) is 0 Å². The van der Waals surface area contributed by atoms with Crippen molar-refractivity contribution in [1.82, 2.24) is 24.5 Å². The van der Waals surface area contributed by atoms with Crippen LogP contribution in [0.25, 0.3) is 5.69 Å². The normalized spacial score (nSPS) is 20.6. The van der Waals surface area contributed by atoms with Crippen molar-refractivity contribution in [3.05, 3.63) is 47.3 Å². The first-order valence-electron chi connectivity index (χ1n) is 12.0. The molecule has 3 fully saturated rings. The zero-order valence-electron chi connectivity index (χ0n) is 19.2. The maximum atomic E-state index is 13.0. The van der Waals surface area contributed by atoms with E-state index in [0.717, 1.165) is 55.7 Å². The highest BCUT2D eigenvalue weighted by molar-refractivity contribution is 5.96. The maximum absolute atomic E-state index is 13.0. The third kappa shape index (κ3) is 4.06. The van der Waals surface area contributed by atoms with Crippen molar-refractivity contribution < 1.29 is 9.59 Å². The molecule has 0 N–H and O–H groups in total. The van der Waals surface area contributed by atoms with Gasteiger partial charge in [-0.05, 0) is 63.4 Å². The van der Waals surface area contributed by atoms with Crippen molar-refractivity contribution >= 4 is 11.8 Å². The number of hydrogen-bond donors (Lipinski definition) is 0. The Hall–Kier alpha value is -2.67. The lowest BCUT2D eigenvalue weighted by molar-refractivity contribution is -0.139. The summed E-state index contributed by atoms with van der Waals surface area (Å²) < 4.78 is 1.88. The summed E-state index contributed by atoms with van der Waals surface area (Å²) in [6.07, 6.45) is 5.03. The molecule has 1 aromatic carbocycles. The summed E-state index contributed by atoms with van der Waals surface area (Å²) >= 11 is 0. The van der Waals surface area contributed by atoms with Gasteiger partial charge in [-0.25, -0.2) is 4.68 Å². The third-order valence-corrected chi connectivity index (χ3v) is 7.32. The van der Waals surface area contributed by atoms with Gasteiger partial charge in [-0.2, -0.15) is 5.10 Å². The second-order valence-corrected chi connectivity index (χ2v) is 9.59. The number of benzene rings is 1. The molecule has 7 nitrogen and oxygen atoms in total. The summed E-state index contributed by atoms with van der Waals surface area (Å²) in [5.41, 5.74) is 3.64. The SMILES string of the molecule is Cc1cc(C)n(-c2ccc(C(=O)N3CC(C(=O)N4CCCN(C5CCC5)CC4)C3)cc2)n1. The Bertz CT molecular complexity index is 988. The predicted octanol–water partition coefficient (Wildman–Crippen LogP) is 2.65. The first kappa shape index (κ1) is 21.2. The van der Waals surface area contributed by atoms with Crippen LogP contribution in [0.15, 0.2) is 30.3 Å². The van der Waals surface area contributed by atoms with E-state index < -0.39 is 0 Å². The van der Waals surface area contributed by atoms with Gasteiger partial charge in [-0.15, -0.1) is 0 Å². The molecule has 1 saturated carbocycles. The van der Waals surface area contributed by atoms with Gasteiger partial charge in [0, 0.05) is 56.6 Å². The van der Waals surface area contributed by atoms with Crippen LogP contribution in [0.2, 0.25) is 0 Å². The van der Waals surface area contributed by atoms with E-state index in [1.54, 1.807) is 4.90 Å². The Morgan fingerprint density at radius 1 is 0.906 bits per heavy atom. The highest BCUT2D eigenvalue weighted by atomic mass is 16.2. The molecule has 2 amide bonds. The number of nitrogens with zero attached hydrogens (tertiary/aromatic N) is 5. The molecule has 3 heterocycles. The molecule has 0 atom stereocenters. The summed E-state index contributed by atoms with van der Waals surface area (Å²) in [5.74, 6) is 0.175. The van der Waals surface area contributed by atoms with E-state index in [1.807, 2.05) is 53.8 Å². The van der Waals surface area contributed by atoms with Crippen molar-refractivity contribution in [1.29, 1.82) is 0 Å². The topological polar surface area (TPSA) is 61.7 Å². The van der Waals surface area contributed by atoms with Crippen LogP contribution in [0.1, 0.15) is 47.4 Å². The van der Waals surface area contributed by atoms with Crippen molar-refractivity contribution in [3.8, 4) is 5.69 Å². The molecule has 32 heavy (non-hydrogen) atoms. The van der Waals surface area contributed by atoms with E-state index in [1.165, 1.54) is 19.3 Å². The molecule has 5 rings (SSSR count). The van der Waals surface area contributed by atoms with Crippen LogP contribution >= 0.6 is 0 Å². The second-order valence-electron chi connectivity index (χ2n) is 9.59. The minimum Gasteiger partial charge on any atom is -0.341 e. The van der Waals surface area contributed by atoms with Crippen LogP contribution < -0.4 is 0 Å². The molecule has 170 valence electrons. The van der Waals surface area contributed by atoms with Gasteiger partial charge in [0.15, 0.2) is 0 Å². The monoisotopic (exact) mass is 435 g/mol. The lowest BCUT2D eigenvalue weighted by Crippen LogP contribution is -2.56. The number of carbonyl (C=O) groups is 2. The zero-order chi connectivity index (χ0) is 22.2. The first-order chi connectivity index (χ1) is 15.5. The molecule has 0 bridgehead atoms. The molecule has 0 spiro atoms. The van der Waals surface area contributed by atoms with Crippen molar-refractivity contribution in [2.24, 2.45) is 5.92 Å². The van der Waals surface area contributed by atoms with Crippen LogP contribution in [0.5, 0.6) is 0 Å². The van der Waals surface area contributed by atoms with Crippen LogP contribution in [-0.4, -0.2) is 81.6 Å². The van der Waals surface area contributed by atoms with E-state index in [0.29, 0.717) is 18.7 Å². The molecule has 7 heteroatoms. The fourth-order valence-electron chi connectivity index (χ4n) is 5.15. The number of amides is 2. The van der Waals surface area contributed by atoms with Gasteiger partial charge in [0.2, 0.25) is 5.91 Å². The minimum absolute atomic E-state index is 0.000919. The number of hydrogen-bond acceptors (Lipinski definition) is 4. The van der Waals surface area contributed by atoms with Crippen molar-refractivity contribution in [2.75, 3.05) is 39.3 Å². The lowest BCUT2D eigenvalue weighted by Gasteiger charge is -2.40. The maximum Gasteiger partial charge on any atom is 0.253 e. The predicted molar refractivity (Wildman–Crippen MR) is 123 cm³/mol. The summed E-state index contributed by atoms with van der Waals surface area (Å²) in [6, 6.07) is 10.3. The molecular weight excluding hydrogens is 402 g/mol. The third-order valence-electron chi connectivity index (χ3n) is 7.32. The number of likely N-dealkylation sites (tertiary alicyclic amines) is 1. The molecule has 2 aromatic rings. The molecule has 0 unspecified atom stereocenters. The average molecular weight is 436 g/mol. The molecule has 0 radical (unpaired) electrons. The molecule has 2 saturated heterocycles. The van der Waals surface area contributed by atoms with Gasteiger partial charge in [0.05, 0.1) is 17.3 Å². The van der Waals surface area contributed by atoms with E-state index in [-0.39, 0.29) is 17.7 Å². The molecule has 2 aliphatic heterocycles. The van der Waals surface area contributed by atoms with Gasteiger partial charge < -0.3 is 9.80 Å². The number of aryl methyl sites for hydroxylation is 2. The Balaban J connectivity index is 1.14. The van der Waals surface area contributed by atoms with E-state index in [2.05, 4.69) is 10.00 Å². The van der Waals surface area contributed by atoms with Crippen LogP contribution in [0, 0.1) is 19.8 Å². The van der Waals surface area contributed by atoms with Gasteiger partial charge in [-0.3, -0.25) is 14.5 Å². The Kier molecular flexibility index (Phi) is 5.76. The van der Waals surface area contributed by atoms with E-state index >= 15 is 0 Å². The lowest BCUT2D eigenvalue weighted by atomic mass is 9.91. The fourth-order valence-corrected chi connectivity index (χ4v) is 5.15. The van der Waals surface area contributed by atoms with Gasteiger partial charge in [0.1, 0.15) is 0 Å². The van der Waals surface area contributed by atoms with Crippen LogP contribution in [-0.2, 0) is 4.79 Å². The molecule has 1 aliphatic carbocycles. The van der Waals surface area contributed by atoms with E-state index in [4.69, 9.17) is 0 Å². The van der Waals surface area contributed by atoms with Crippen LogP contribution in [0.3, 0.4) is 0 Å². The Morgan fingerprint density at radius 3 is 2.28 bits per heavy atom. The standard InChI is InChI=1S/C25H33N5O2/c1-18-15-19(2)30(26-18)23-9-7-20(8-10-23)24(31)29-16-21(17-29)25(32)28-12-4-11-27(13-14-28)22-5-3-6-22/h7-10,15,21-22H,3-6,11-14,16-17H2,1-2H3. The number of rotatable bonds is 4. The van der Waals surface area contributed by atoms with Gasteiger partial charge >= 0.3 is 0 Å². The smallest absolute Gasteiger partial charge is 0.253 e. The number of aromatic nitrogens is 2. The zero-order valence-corrected chi connectivity index (χ0v) is 19.2. The summed E-state index contributed by atoms with van der Waals surface area (Å²) in [6.45, 7) is 8.82. The van der Waals surface area contributed by atoms with Crippen molar-refractivity contribution in [3.63, 3.8) is 0 Å². The largest absolute Gasteiger partial charge is 0.341 e. The van der Waals surface area contributed by atoms with E-state index in [9.17, 15) is 9.59 Å². The summed E-state index contributed by atoms with van der Waals surface area (Å²) in [4.78, 5) is 32.3. The second kappa shape index (κ2) is 8.70. The Labute approximate surface area is 190 Å². The van der Waals surface area contributed by atoms with Gasteiger partial charge in [-0.1, -0.05) is 6.42 Å². The van der Waals surface area contributed by atoms with Gasteiger partial charge in [0.25, 0.3) is 5.91 Å². The number of carbonyl (C=O) groups excluding carboxylic acids is 2. The quantitative estimate of drug-likeness (QED) is 0.741. The molecule has 3 aliphatic rings. The van der Waals surface area contributed by atoms with Crippen molar-refractivity contribution in [2.45, 2.75) is 45.6 Å². The molecule has 1 aromatic heterocycles. The summed E-state index contributed by atoms with van der Waals surface area (Å²) in [7, 11) is 0. The highest BCUT2D eigenvalue weighted by Gasteiger charge is 2.39. The Morgan fingerprint density at radius 2 is 1.66 bits per heavy atom. The minimum atomic E-state index is -0.0526. The highest BCUT2D eigenvalue weighted by Crippen LogP contribution is 2.27. The summed E-state index contributed by atoms with van der Waals surface area (Å²) in [5, 5.41) is 4.50. The fraction of sp³-hybridized carbons (Fsp3) is 0.560. The molecular formula is C25H33N5O2. The average Bonchev–Trinajstić information content (AvgIpc) is 2.90. The first-order valence-corrected chi connectivity index (χ1v) is 12.0.